The van der Waals surface area contributed by atoms with Gasteiger partial charge in [-0.05, 0) is 13.3 Å². The lowest BCUT2D eigenvalue weighted by Crippen LogP contribution is -2.37. The van der Waals surface area contributed by atoms with Crippen molar-refractivity contribution in [3.05, 3.63) is 24.6 Å². The molecule has 1 aliphatic rings. The maximum Gasteiger partial charge on any atom is 0.143 e. The average Bonchev–Trinajstić information content (AvgIpc) is 2.16. The van der Waals surface area contributed by atoms with Crippen molar-refractivity contribution in [1.29, 1.82) is 0 Å². The molecule has 3 atom stereocenters. The summed E-state index contributed by atoms with van der Waals surface area (Å²) in [5.41, 5.74) is 1.25. The van der Waals surface area contributed by atoms with Gasteiger partial charge in [0, 0.05) is 29.9 Å². The highest BCUT2D eigenvalue weighted by Gasteiger charge is 2.25. The van der Waals surface area contributed by atoms with Crippen molar-refractivity contribution in [2.45, 2.75) is 32.5 Å². The van der Waals surface area contributed by atoms with E-state index in [0.29, 0.717) is 5.70 Å². The van der Waals surface area contributed by atoms with Gasteiger partial charge in [-0.1, -0.05) is 20.1 Å². The average molecular weight is 198 g/mol. The first-order valence-electron chi connectivity index (χ1n) is 5.03. The normalized spacial score (nSPS) is 35.5. The van der Waals surface area contributed by atoms with Crippen molar-refractivity contribution >= 4 is 0 Å². The van der Waals surface area contributed by atoms with Crippen LogP contribution in [0.3, 0.4) is 0 Å². The van der Waals surface area contributed by atoms with Gasteiger partial charge in [0.1, 0.15) is 6.17 Å². The lowest BCUT2D eigenvalue weighted by atomic mass is 9.96. The molecule has 0 bridgehead atoms. The predicted octanol–water partition coefficient (Wildman–Crippen LogP) is 1.96. The summed E-state index contributed by atoms with van der Waals surface area (Å²) in [6.45, 7) is 12.2. The quantitative estimate of drug-likeness (QED) is 0.621. The fraction of sp³-hybridized carbons (Fsp3) is 0.636. The molecule has 1 rings (SSSR count). The highest BCUT2D eigenvalue weighted by atomic mass is 19.1. The van der Waals surface area contributed by atoms with Crippen molar-refractivity contribution < 1.29 is 4.39 Å². The summed E-state index contributed by atoms with van der Waals surface area (Å²) in [5, 5.41) is 6.19. The van der Waals surface area contributed by atoms with E-state index in [1.807, 2.05) is 13.8 Å². The molecular weight excluding hydrogens is 179 g/mol. The second-order valence-corrected chi connectivity index (χ2v) is 4.01. The molecule has 0 aromatic carbocycles. The number of halogens is 1. The Morgan fingerprint density at radius 1 is 1.36 bits per heavy atom. The molecule has 2 nitrogen and oxygen atoms in total. The maximum absolute atomic E-state index is 13.8. The van der Waals surface area contributed by atoms with E-state index in [1.54, 1.807) is 0 Å². The molecule has 1 heterocycles. The van der Waals surface area contributed by atoms with Crippen LogP contribution in [0.15, 0.2) is 24.6 Å². The van der Waals surface area contributed by atoms with E-state index in [0.717, 1.165) is 18.7 Å². The molecule has 0 aromatic heterocycles. The summed E-state index contributed by atoms with van der Waals surface area (Å²) in [5.74, 6) is -0.0686. The number of allylic oxidation sites excluding steroid dienone is 1. The molecule has 0 aromatic rings. The second kappa shape index (κ2) is 4.60. The zero-order chi connectivity index (χ0) is 10.7. The van der Waals surface area contributed by atoms with Gasteiger partial charge in [0.25, 0.3) is 0 Å². The Hall–Kier alpha value is -0.830. The molecule has 1 fully saturated rings. The van der Waals surface area contributed by atoms with Crippen LogP contribution in [0.25, 0.3) is 0 Å². The van der Waals surface area contributed by atoms with Crippen molar-refractivity contribution in [2.75, 3.05) is 6.54 Å². The first-order chi connectivity index (χ1) is 6.52. The molecule has 0 spiro atoms. The summed E-state index contributed by atoms with van der Waals surface area (Å²) in [4.78, 5) is 0. The van der Waals surface area contributed by atoms with Gasteiger partial charge in [-0.25, -0.2) is 4.39 Å². The Morgan fingerprint density at radius 3 is 2.64 bits per heavy atom. The van der Waals surface area contributed by atoms with Crippen LogP contribution in [0.2, 0.25) is 0 Å². The SMILES string of the molecule is C=C1CCN[C@H](C)[C@@H](C)C(F)C(=C)N1. The zero-order valence-corrected chi connectivity index (χ0v) is 8.94. The van der Waals surface area contributed by atoms with Gasteiger partial charge in [0.05, 0.1) is 0 Å². The van der Waals surface area contributed by atoms with E-state index < -0.39 is 6.17 Å². The molecule has 3 heteroatoms. The van der Waals surface area contributed by atoms with E-state index in [9.17, 15) is 4.39 Å². The summed E-state index contributed by atoms with van der Waals surface area (Å²) in [6, 6.07) is 0.162. The molecule has 2 N–H and O–H groups in total. The van der Waals surface area contributed by atoms with Gasteiger partial charge in [-0.2, -0.15) is 0 Å². The third-order valence-electron chi connectivity index (χ3n) is 2.81. The highest BCUT2D eigenvalue weighted by molar-refractivity contribution is 5.11. The van der Waals surface area contributed by atoms with Gasteiger partial charge in [0.15, 0.2) is 0 Å². The van der Waals surface area contributed by atoms with E-state index in [2.05, 4.69) is 23.8 Å². The van der Waals surface area contributed by atoms with Gasteiger partial charge < -0.3 is 10.6 Å². The minimum absolute atomic E-state index is 0.0686. The number of rotatable bonds is 0. The van der Waals surface area contributed by atoms with E-state index in [1.165, 1.54) is 0 Å². The Labute approximate surface area is 85.3 Å². The Morgan fingerprint density at radius 2 is 2.00 bits per heavy atom. The van der Waals surface area contributed by atoms with Crippen LogP contribution in [0.5, 0.6) is 0 Å². The Balaban J connectivity index is 2.74. The fourth-order valence-corrected chi connectivity index (χ4v) is 1.57. The van der Waals surface area contributed by atoms with E-state index in [4.69, 9.17) is 0 Å². The Kier molecular flexibility index (Phi) is 3.69. The number of hydrogen-bond donors (Lipinski definition) is 2. The van der Waals surface area contributed by atoms with Crippen LogP contribution < -0.4 is 10.6 Å². The van der Waals surface area contributed by atoms with Crippen molar-refractivity contribution in [3.63, 3.8) is 0 Å². The Bertz CT molecular complexity index is 237. The van der Waals surface area contributed by atoms with E-state index in [-0.39, 0.29) is 12.0 Å². The lowest BCUT2D eigenvalue weighted by Gasteiger charge is -2.24. The summed E-state index contributed by atoms with van der Waals surface area (Å²) >= 11 is 0. The van der Waals surface area contributed by atoms with E-state index >= 15 is 0 Å². The topological polar surface area (TPSA) is 24.1 Å². The molecule has 1 aliphatic heterocycles. The molecular formula is C11H19FN2. The molecule has 1 saturated heterocycles. The molecule has 14 heavy (non-hydrogen) atoms. The molecule has 0 saturated carbocycles. The fourth-order valence-electron chi connectivity index (χ4n) is 1.57. The highest BCUT2D eigenvalue weighted by Crippen LogP contribution is 2.19. The summed E-state index contributed by atoms with van der Waals surface area (Å²) < 4.78 is 13.8. The third-order valence-corrected chi connectivity index (χ3v) is 2.81. The summed E-state index contributed by atoms with van der Waals surface area (Å²) in [7, 11) is 0. The van der Waals surface area contributed by atoms with Crippen LogP contribution in [-0.2, 0) is 0 Å². The van der Waals surface area contributed by atoms with Gasteiger partial charge in [-0.15, -0.1) is 0 Å². The number of alkyl halides is 1. The van der Waals surface area contributed by atoms with Crippen LogP contribution in [-0.4, -0.2) is 18.8 Å². The van der Waals surface area contributed by atoms with Crippen LogP contribution in [0, 0.1) is 5.92 Å². The first kappa shape index (κ1) is 11.2. The van der Waals surface area contributed by atoms with Crippen molar-refractivity contribution in [2.24, 2.45) is 5.92 Å². The maximum atomic E-state index is 13.8. The number of nitrogens with one attached hydrogen (secondary N) is 2. The van der Waals surface area contributed by atoms with Crippen LogP contribution >= 0.6 is 0 Å². The molecule has 80 valence electrons. The molecule has 0 amide bonds. The monoisotopic (exact) mass is 198 g/mol. The minimum atomic E-state index is -1.02. The van der Waals surface area contributed by atoms with Gasteiger partial charge in [0.2, 0.25) is 0 Å². The van der Waals surface area contributed by atoms with Crippen LogP contribution in [0.1, 0.15) is 20.3 Å². The van der Waals surface area contributed by atoms with Crippen LogP contribution in [0.4, 0.5) is 4.39 Å². The number of hydrogen-bond acceptors (Lipinski definition) is 2. The molecule has 0 radical (unpaired) electrons. The predicted molar refractivity (Wildman–Crippen MR) is 57.6 cm³/mol. The van der Waals surface area contributed by atoms with Gasteiger partial charge in [-0.3, -0.25) is 0 Å². The largest absolute Gasteiger partial charge is 0.361 e. The summed E-state index contributed by atoms with van der Waals surface area (Å²) in [6.07, 6.45) is -0.213. The molecule has 1 unspecified atom stereocenters. The first-order valence-corrected chi connectivity index (χ1v) is 5.03. The third kappa shape index (κ3) is 2.58. The lowest BCUT2D eigenvalue weighted by molar-refractivity contribution is 0.233. The molecule has 0 aliphatic carbocycles. The second-order valence-electron chi connectivity index (χ2n) is 4.01. The smallest absolute Gasteiger partial charge is 0.143 e. The standard InChI is InChI=1S/C11H19FN2/c1-7-5-6-13-9(3)8(2)11(12)10(4)14-7/h8-9,11,13-14H,1,4-6H2,2-3H3/t8-,9-,11?/m1/s1. The zero-order valence-electron chi connectivity index (χ0n) is 8.94. The van der Waals surface area contributed by atoms with Crippen molar-refractivity contribution in [3.8, 4) is 0 Å². The van der Waals surface area contributed by atoms with Gasteiger partial charge >= 0.3 is 0 Å². The van der Waals surface area contributed by atoms with Crippen molar-refractivity contribution in [1.82, 2.24) is 10.6 Å². The minimum Gasteiger partial charge on any atom is -0.361 e.